The summed E-state index contributed by atoms with van der Waals surface area (Å²) < 4.78 is 0. The van der Waals surface area contributed by atoms with Crippen molar-refractivity contribution >= 4 is 22.0 Å². The Morgan fingerprint density at radius 1 is 0.727 bits per heavy atom. The molecule has 3 aromatic rings. The molecule has 0 saturated carbocycles. The molecule has 2 heteroatoms. The van der Waals surface area contributed by atoms with Crippen LogP contribution >= 0.6 is 11.3 Å². The minimum Gasteiger partial charge on any atom is -0.328 e. The lowest BCUT2D eigenvalue weighted by atomic mass is 10.1. The number of para-hydroxylation sites is 1. The van der Waals surface area contributed by atoms with Crippen LogP contribution in [0.25, 0.3) is 10.4 Å². The first-order chi connectivity index (χ1) is 10.6. The van der Waals surface area contributed by atoms with Gasteiger partial charge in [-0.15, -0.1) is 11.3 Å². The molecule has 0 bridgehead atoms. The lowest BCUT2D eigenvalue weighted by Crippen LogP contribution is -2.36. The summed E-state index contributed by atoms with van der Waals surface area (Å²) in [6.07, 6.45) is 0. The second kappa shape index (κ2) is 5.98. The summed E-state index contributed by atoms with van der Waals surface area (Å²) in [5.41, 5.74) is 2.54. The van der Waals surface area contributed by atoms with E-state index in [1.807, 2.05) is 11.3 Å². The predicted octanol–water partition coefficient (Wildman–Crippen LogP) is 6.35. The second-order valence-electron chi connectivity index (χ2n) is 6.35. The smallest absolute Gasteiger partial charge is 0.0964 e. The summed E-state index contributed by atoms with van der Waals surface area (Å²) in [4.78, 5) is 3.71. The number of hydrogen-bond acceptors (Lipinski definition) is 2. The third-order valence-electron chi connectivity index (χ3n) is 3.56. The van der Waals surface area contributed by atoms with Gasteiger partial charge in [0.25, 0.3) is 0 Å². The van der Waals surface area contributed by atoms with Crippen molar-refractivity contribution in [3.63, 3.8) is 0 Å². The van der Waals surface area contributed by atoms with Gasteiger partial charge in [0.1, 0.15) is 0 Å². The van der Waals surface area contributed by atoms with Crippen LogP contribution in [0.1, 0.15) is 20.8 Å². The molecule has 0 amide bonds. The van der Waals surface area contributed by atoms with Crippen molar-refractivity contribution in [1.82, 2.24) is 0 Å². The summed E-state index contributed by atoms with van der Waals surface area (Å²) in [6, 6.07) is 25.6. The number of anilines is 2. The second-order valence-corrected chi connectivity index (χ2v) is 7.41. The van der Waals surface area contributed by atoms with Crippen LogP contribution in [0.4, 0.5) is 10.7 Å². The zero-order valence-electron chi connectivity index (χ0n) is 13.3. The lowest BCUT2D eigenvalue weighted by molar-refractivity contribution is 0.563. The fraction of sp³-hybridized carbons (Fsp3) is 0.200. The Balaban J connectivity index is 2.02. The van der Waals surface area contributed by atoms with Crippen LogP contribution in [-0.2, 0) is 0 Å². The molecule has 0 aliphatic carbocycles. The van der Waals surface area contributed by atoms with Crippen LogP contribution < -0.4 is 4.90 Å². The molecule has 3 rings (SSSR count). The minimum absolute atomic E-state index is 0.0279. The van der Waals surface area contributed by atoms with Gasteiger partial charge in [-0.05, 0) is 50.6 Å². The molecule has 0 radical (unpaired) electrons. The Bertz CT molecular complexity index is 723. The highest BCUT2D eigenvalue weighted by molar-refractivity contribution is 7.19. The molecular formula is C20H21NS. The topological polar surface area (TPSA) is 3.24 Å². The van der Waals surface area contributed by atoms with Gasteiger partial charge < -0.3 is 4.90 Å². The highest BCUT2D eigenvalue weighted by Crippen LogP contribution is 2.40. The van der Waals surface area contributed by atoms with Crippen LogP contribution in [0.15, 0.2) is 72.8 Å². The van der Waals surface area contributed by atoms with E-state index in [0.29, 0.717) is 0 Å². The maximum Gasteiger partial charge on any atom is 0.0964 e. The highest BCUT2D eigenvalue weighted by atomic mass is 32.1. The Morgan fingerprint density at radius 2 is 1.32 bits per heavy atom. The Labute approximate surface area is 136 Å². The Hall–Kier alpha value is -2.06. The van der Waals surface area contributed by atoms with E-state index in [-0.39, 0.29) is 5.54 Å². The molecule has 2 aromatic carbocycles. The highest BCUT2D eigenvalue weighted by Gasteiger charge is 2.24. The molecule has 0 unspecified atom stereocenters. The lowest BCUT2D eigenvalue weighted by Gasteiger charge is -2.36. The fourth-order valence-electron chi connectivity index (χ4n) is 2.63. The average molecular weight is 307 g/mol. The van der Waals surface area contributed by atoms with Crippen molar-refractivity contribution in [3.8, 4) is 10.4 Å². The van der Waals surface area contributed by atoms with Crippen molar-refractivity contribution in [2.75, 3.05) is 4.90 Å². The fourth-order valence-corrected chi connectivity index (χ4v) is 3.85. The monoisotopic (exact) mass is 307 g/mol. The zero-order valence-corrected chi connectivity index (χ0v) is 14.1. The van der Waals surface area contributed by atoms with Crippen LogP contribution in [0, 0.1) is 0 Å². The molecule has 0 N–H and O–H groups in total. The molecule has 0 saturated heterocycles. The largest absolute Gasteiger partial charge is 0.328 e. The van der Waals surface area contributed by atoms with Crippen LogP contribution in [0.5, 0.6) is 0 Å². The van der Waals surface area contributed by atoms with Crippen molar-refractivity contribution in [2.24, 2.45) is 0 Å². The van der Waals surface area contributed by atoms with Crippen molar-refractivity contribution in [1.29, 1.82) is 0 Å². The van der Waals surface area contributed by atoms with Gasteiger partial charge in [0.05, 0.1) is 5.00 Å². The van der Waals surface area contributed by atoms with E-state index in [4.69, 9.17) is 0 Å². The molecule has 1 nitrogen and oxygen atoms in total. The van der Waals surface area contributed by atoms with E-state index in [1.165, 1.54) is 21.1 Å². The van der Waals surface area contributed by atoms with Crippen molar-refractivity contribution in [3.05, 3.63) is 72.8 Å². The number of nitrogens with zero attached hydrogens (tertiary/aromatic N) is 1. The third kappa shape index (κ3) is 3.07. The van der Waals surface area contributed by atoms with Gasteiger partial charge in [0.15, 0.2) is 0 Å². The average Bonchev–Trinajstić information content (AvgIpc) is 2.97. The summed E-state index contributed by atoms with van der Waals surface area (Å²) in [5.74, 6) is 0. The number of rotatable bonds is 3. The van der Waals surface area contributed by atoms with Gasteiger partial charge in [0.2, 0.25) is 0 Å². The molecule has 0 atom stereocenters. The molecule has 0 aliphatic rings. The molecule has 112 valence electrons. The molecule has 22 heavy (non-hydrogen) atoms. The standard InChI is InChI=1S/C20H21NS/c1-20(2,3)21(17-12-8-5-9-13-17)19-15-14-18(22-19)16-10-6-4-7-11-16/h4-15H,1-3H3. The number of thiophene rings is 1. The van der Waals surface area contributed by atoms with Crippen LogP contribution in [0.3, 0.4) is 0 Å². The number of benzene rings is 2. The zero-order chi connectivity index (χ0) is 15.6. The predicted molar refractivity (Wildman–Crippen MR) is 98.1 cm³/mol. The van der Waals surface area contributed by atoms with Gasteiger partial charge in [-0.1, -0.05) is 48.5 Å². The molecule has 0 aliphatic heterocycles. The minimum atomic E-state index is 0.0279. The van der Waals surface area contributed by atoms with E-state index >= 15 is 0 Å². The molecular weight excluding hydrogens is 286 g/mol. The van der Waals surface area contributed by atoms with Crippen LogP contribution in [0.2, 0.25) is 0 Å². The summed E-state index contributed by atoms with van der Waals surface area (Å²) in [5, 5.41) is 1.28. The summed E-state index contributed by atoms with van der Waals surface area (Å²) in [7, 11) is 0. The maximum atomic E-state index is 2.41. The first-order valence-electron chi connectivity index (χ1n) is 7.56. The van der Waals surface area contributed by atoms with Gasteiger partial charge in [-0.3, -0.25) is 0 Å². The molecule has 0 fully saturated rings. The SMILES string of the molecule is CC(C)(C)N(c1ccccc1)c1ccc(-c2ccccc2)s1. The first kappa shape index (κ1) is 14.9. The molecule has 0 spiro atoms. The quantitative estimate of drug-likeness (QED) is 0.545. The Kier molecular flexibility index (Phi) is 4.04. The third-order valence-corrected chi connectivity index (χ3v) is 4.68. The van der Waals surface area contributed by atoms with Crippen molar-refractivity contribution < 1.29 is 0 Å². The summed E-state index contributed by atoms with van der Waals surface area (Å²) in [6.45, 7) is 6.76. The van der Waals surface area contributed by atoms with Gasteiger partial charge in [-0.2, -0.15) is 0 Å². The molecule has 1 heterocycles. The molecule has 1 aromatic heterocycles. The van der Waals surface area contributed by atoms with Gasteiger partial charge >= 0.3 is 0 Å². The summed E-state index contributed by atoms with van der Waals surface area (Å²) >= 11 is 1.84. The number of hydrogen-bond donors (Lipinski definition) is 0. The Morgan fingerprint density at radius 3 is 1.91 bits per heavy atom. The van der Waals surface area contributed by atoms with Crippen LogP contribution in [-0.4, -0.2) is 5.54 Å². The first-order valence-corrected chi connectivity index (χ1v) is 8.38. The van der Waals surface area contributed by atoms with E-state index in [0.717, 1.165) is 0 Å². The van der Waals surface area contributed by atoms with E-state index in [2.05, 4.69) is 98.5 Å². The van der Waals surface area contributed by atoms with E-state index in [9.17, 15) is 0 Å². The van der Waals surface area contributed by atoms with E-state index in [1.54, 1.807) is 0 Å². The normalized spacial score (nSPS) is 11.4. The van der Waals surface area contributed by atoms with Gasteiger partial charge in [0, 0.05) is 16.1 Å². The van der Waals surface area contributed by atoms with E-state index < -0.39 is 0 Å². The van der Waals surface area contributed by atoms with Crippen molar-refractivity contribution in [2.45, 2.75) is 26.3 Å². The van der Waals surface area contributed by atoms with Gasteiger partial charge in [-0.25, -0.2) is 0 Å². The maximum absolute atomic E-state index is 2.41.